The summed E-state index contributed by atoms with van der Waals surface area (Å²) in [5.41, 5.74) is 0.755. The van der Waals surface area contributed by atoms with Crippen molar-refractivity contribution in [2.24, 2.45) is 0 Å². The molecule has 0 aliphatic heterocycles. The molecular formula is C17H22O8. The van der Waals surface area contributed by atoms with Gasteiger partial charge in [0.15, 0.2) is 6.10 Å². The monoisotopic (exact) mass is 354 g/mol. The highest BCUT2D eigenvalue weighted by atomic mass is 16.6. The fourth-order valence-electron chi connectivity index (χ4n) is 2.05. The molecule has 0 aromatic heterocycles. The summed E-state index contributed by atoms with van der Waals surface area (Å²) in [4.78, 5) is 34.1. The Morgan fingerprint density at radius 1 is 1.08 bits per heavy atom. The standard InChI is InChI=1S/C17H22O8/c1-11(19)23-10-15(22)16(17(14(21)8-18)25-12(2)20)24-9-13-6-4-3-5-7-13/h3-7,15-18,22H,8-10H2,1-2H3/t15-,16-,17-/m1/s1. The summed E-state index contributed by atoms with van der Waals surface area (Å²) in [6, 6.07) is 8.92. The van der Waals surface area contributed by atoms with Gasteiger partial charge in [-0.1, -0.05) is 30.3 Å². The molecule has 0 unspecified atom stereocenters. The Morgan fingerprint density at radius 3 is 2.24 bits per heavy atom. The van der Waals surface area contributed by atoms with Gasteiger partial charge in [0.1, 0.15) is 25.4 Å². The summed E-state index contributed by atoms with van der Waals surface area (Å²) in [5, 5.41) is 19.3. The molecule has 8 heteroatoms. The summed E-state index contributed by atoms with van der Waals surface area (Å²) in [7, 11) is 0. The van der Waals surface area contributed by atoms with Crippen LogP contribution in [0.1, 0.15) is 19.4 Å². The van der Waals surface area contributed by atoms with Crippen LogP contribution in [0.15, 0.2) is 30.3 Å². The lowest BCUT2D eigenvalue weighted by Crippen LogP contribution is -2.49. The zero-order chi connectivity index (χ0) is 18.8. The van der Waals surface area contributed by atoms with Gasteiger partial charge in [-0.15, -0.1) is 0 Å². The van der Waals surface area contributed by atoms with Crippen LogP contribution in [0.2, 0.25) is 0 Å². The minimum atomic E-state index is -1.53. The molecule has 8 nitrogen and oxygen atoms in total. The van der Waals surface area contributed by atoms with E-state index >= 15 is 0 Å². The molecule has 0 saturated heterocycles. The van der Waals surface area contributed by atoms with Crippen LogP contribution in [-0.4, -0.2) is 59.5 Å². The molecule has 1 rings (SSSR count). The van der Waals surface area contributed by atoms with Gasteiger partial charge in [0, 0.05) is 13.8 Å². The van der Waals surface area contributed by atoms with E-state index in [9.17, 15) is 19.5 Å². The van der Waals surface area contributed by atoms with Crippen molar-refractivity contribution in [2.45, 2.75) is 38.8 Å². The predicted octanol–water partition coefficient (Wildman–Crippen LogP) is -0.0111. The molecule has 1 aromatic rings. The number of ether oxygens (including phenoxy) is 3. The van der Waals surface area contributed by atoms with E-state index in [0.717, 1.165) is 19.4 Å². The van der Waals surface area contributed by atoms with Crippen molar-refractivity contribution >= 4 is 17.7 Å². The van der Waals surface area contributed by atoms with Gasteiger partial charge < -0.3 is 24.4 Å². The molecule has 0 spiro atoms. The van der Waals surface area contributed by atoms with Crippen molar-refractivity contribution in [3.05, 3.63) is 35.9 Å². The van der Waals surface area contributed by atoms with Crippen molar-refractivity contribution in [1.29, 1.82) is 0 Å². The van der Waals surface area contributed by atoms with Crippen molar-refractivity contribution < 1.29 is 38.8 Å². The van der Waals surface area contributed by atoms with Gasteiger partial charge in [-0.2, -0.15) is 0 Å². The number of hydrogen-bond acceptors (Lipinski definition) is 8. The number of hydrogen-bond donors (Lipinski definition) is 2. The quantitative estimate of drug-likeness (QED) is 0.563. The zero-order valence-corrected chi connectivity index (χ0v) is 14.1. The third-order valence-corrected chi connectivity index (χ3v) is 3.19. The largest absolute Gasteiger partial charge is 0.463 e. The minimum absolute atomic E-state index is 0.0130. The Hall–Kier alpha value is -2.29. The number of carbonyl (C=O) groups is 3. The van der Waals surface area contributed by atoms with Crippen molar-refractivity contribution in [1.82, 2.24) is 0 Å². The molecule has 0 radical (unpaired) electrons. The number of rotatable bonds is 10. The highest BCUT2D eigenvalue weighted by Crippen LogP contribution is 2.15. The maximum absolute atomic E-state index is 11.9. The topological polar surface area (TPSA) is 119 Å². The minimum Gasteiger partial charge on any atom is -0.463 e. The molecule has 138 valence electrons. The normalized spacial score (nSPS) is 14.2. The molecule has 0 bridgehead atoms. The Labute approximate surface area is 145 Å². The van der Waals surface area contributed by atoms with E-state index in [-0.39, 0.29) is 6.61 Å². The fraction of sp³-hybridized carbons (Fsp3) is 0.471. The number of carbonyl (C=O) groups excluding carboxylic acids is 3. The Bertz CT molecular complexity index is 571. The summed E-state index contributed by atoms with van der Waals surface area (Å²) >= 11 is 0. The van der Waals surface area contributed by atoms with Gasteiger partial charge in [-0.3, -0.25) is 14.4 Å². The van der Waals surface area contributed by atoms with Crippen LogP contribution in [-0.2, 0) is 35.2 Å². The van der Waals surface area contributed by atoms with E-state index in [1.807, 2.05) is 6.07 Å². The van der Waals surface area contributed by atoms with E-state index in [4.69, 9.17) is 19.3 Å². The molecule has 0 fully saturated rings. The lowest BCUT2D eigenvalue weighted by molar-refractivity contribution is -0.178. The molecule has 0 aliphatic rings. The number of esters is 2. The maximum Gasteiger partial charge on any atom is 0.303 e. The molecule has 0 aliphatic carbocycles. The van der Waals surface area contributed by atoms with E-state index in [0.29, 0.717) is 0 Å². The first-order valence-electron chi connectivity index (χ1n) is 7.63. The van der Waals surface area contributed by atoms with Gasteiger partial charge in [0.05, 0.1) is 6.61 Å². The van der Waals surface area contributed by atoms with Gasteiger partial charge in [-0.25, -0.2) is 0 Å². The first-order valence-corrected chi connectivity index (χ1v) is 7.63. The molecule has 1 aromatic carbocycles. The SMILES string of the molecule is CC(=O)OC[C@@H](O)[C@@H](OCc1ccccc1)[C@H](OC(C)=O)C(=O)CO. The van der Waals surface area contributed by atoms with Crippen LogP contribution in [0.3, 0.4) is 0 Å². The Morgan fingerprint density at radius 2 is 1.72 bits per heavy atom. The van der Waals surface area contributed by atoms with Crippen LogP contribution in [0.5, 0.6) is 0 Å². The average molecular weight is 354 g/mol. The van der Waals surface area contributed by atoms with Crippen molar-refractivity contribution in [3.8, 4) is 0 Å². The molecule has 3 atom stereocenters. The molecule has 2 N–H and O–H groups in total. The second-order valence-corrected chi connectivity index (χ2v) is 5.29. The predicted molar refractivity (Wildman–Crippen MR) is 85.3 cm³/mol. The highest BCUT2D eigenvalue weighted by Gasteiger charge is 2.37. The summed E-state index contributed by atoms with van der Waals surface area (Å²) in [6.45, 7) is 0.910. The second-order valence-electron chi connectivity index (χ2n) is 5.29. The molecular weight excluding hydrogens is 332 g/mol. The Kier molecular flexibility index (Phi) is 8.76. The second kappa shape index (κ2) is 10.5. The summed E-state index contributed by atoms with van der Waals surface area (Å²) in [6.07, 6.45) is -4.28. The maximum atomic E-state index is 11.9. The zero-order valence-electron chi connectivity index (χ0n) is 14.1. The van der Waals surface area contributed by atoms with E-state index in [1.165, 1.54) is 0 Å². The first-order chi connectivity index (χ1) is 11.8. The van der Waals surface area contributed by atoms with Crippen molar-refractivity contribution in [2.75, 3.05) is 13.2 Å². The number of ketones is 1. The number of aliphatic hydroxyl groups excluding tert-OH is 2. The van der Waals surface area contributed by atoms with Gasteiger partial charge in [0.2, 0.25) is 5.78 Å². The average Bonchev–Trinajstić information content (AvgIpc) is 2.58. The van der Waals surface area contributed by atoms with Gasteiger partial charge in [-0.05, 0) is 5.56 Å². The number of benzene rings is 1. The third kappa shape index (κ3) is 7.42. The summed E-state index contributed by atoms with van der Waals surface area (Å²) < 4.78 is 15.2. The van der Waals surface area contributed by atoms with Gasteiger partial charge in [0.25, 0.3) is 0 Å². The van der Waals surface area contributed by atoms with Gasteiger partial charge >= 0.3 is 11.9 Å². The Balaban J connectivity index is 2.94. The van der Waals surface area contributed by atoms with Crippen LogP contribution in [0, 0.1) is 0 Å². The smallest absolute Gasteiger partial charge is 0.303 e. The molecule has 0 heterocycles. The van der Waals surface area contributed by atoms with E-state index < -0.39 is 49.2 Å². The number of aliphatic hydroxyl groups is 2. The number of Topliss-reactive ketones (excluding diaryl/α,β-unsaturated/α-hetero) is 1. The molecule has 0 saturated carbocycles. The molecule has 0 amide bonds. The highest BCUT2D eigenvalue weighted by molar-refractivity contribution is 5.86. The lowest BCUT2D eigenvalue weighted by atomic mass is 10.0. The first kappa shape index (κ1) is 20.8. The fourth-order valence-corrected chi connectivity index (χ4v) is 2.05. The lowest BCUT2D eigenvalue weighted by Gasteiger charge is -2.29. The van der Waals surface area contributed by atoms with Crippen LogP contribution >= 0.6 is 0 Å². The van der Waals surface area contributed by atoms with Crippen molar-refractivity contribution in [3.63, 3.8) is 0 Å². The van der Waals surface area contributed by atoms with Crippen LogP contribution in [0.4, 0.5) is 0 Å². The molecule has 25 heavy (non-hydrogen) atoms. The van der Waals surface area contributed by atoms with E-state index in [2.05, 4.69) is 0 Å². The third-order valence-electron chi connectivity index (χ3n) is 3.19. The van der Waals surface area contributed by atoms with Crippen LogP contribution < -0.4 is 0 Å². The van der Waals surface area contributed by atoms with E-state index in [1.54, 1.807) is 24.3 Å². The van der Waals surface area contributed by atoms with Crippen LogP contribution in [0.25, 0.3) is 0 Å². The summed E-state index contributed by atoms with van der Waals surface area (Å²) in [5.74, 6) is -2.24.